The molecule has 1 aromatic heterocycles. The number of rotatable bonds is 6. The standard InChI is InChI=1S/C27H24FN3O.C4H7NO/c28-22-8-10-23(11-9-22)31-25-13-12-24(15-21(25)17-29-31)30-26(19-4-2-1-3-5-19)16-20(27(30)32)14-18-6-7-18;5-4(6)3-1-2-3/h1-5,8-13,15,17-18,20,26H,6-7,14,16H2;3H,1-2H2,(H2,5,6)/t20-,26?;/m0./s1. The van der Waals surface area contributed by atoms with Crippen LogP contribution in [-0.2, 0) is 9.59 Å². The van der Waals surface area contributed by atoms with Crippen molar-refractivity contribution in [2.75, 3.05) is 4.90 Å². The molecule has 0 radical (unpaired) electrons. The second-order valence-corrected chi connectivity index (χ2v) is 10.7. The number of amides is 2. The SMILES string of the molecule is NC(=O)C1CC1.O=C1[C@@H](CC2CC2)CC(c2ccccc2)N1c1ccc2c(cnn2-c2ccc(F)cc2)c1. The fourth-order valence-electron chi connectivity index (χ4n) is 5.37. The lowest BCUT2D eigenvalue weighted by Gasteiger charge is -2.25. The number of nitrogens with zero attached hydrogens (tertiary/aromatic N) is 3. The average Bonchev–Trinajstić information content (AvgIpc) is 3.86. The van der Waals surface area contributed by atoms with Crippen LogP contribution in [0.1, 0.15) is 50.1 Å². The van der Waals surface area contributed by atoms with Gasteiger partial charge < -0.3 is 10.6 Å². The molecular formula is C31H31FN4O2. The summed E-state index contributed by atoms with van der Waals surface area (Å²) < 4.78 is 15.1. The van der Waals surface area contributed by atoms with E-state index in [0.29, 0.717) is 0 Å². The van der Waals surface area contributed by atoms with E-state index in [1.54, 1.807) is 16.8 Å². The first kappa shape index (κ1) is 24.3. The van der Waals surface area contributed by atoms with Crippen LogP contribution >= 0.6 is 0 Å². The minimum atomic E-state index is -0.271. The molecule has 4 aromatic rings. The lowest BCUT2D eigenvalue weighted by atomic mass is 9.95. The van der Waals surface area contributed by atoms with E-state index in [-0.39, 0.29) is 35.5 Å². The van der Waals surface area contributed by atoms with Crippen molar-refractivity contribution in [3.8, 4) is 5.69 Å². The summed E-state index contributed by atoms with van der Waals surface area (Å²) in [6, 6.07) is 22.8. The highest BCUT2D eigenvalue weighted by Crippen LogP contribution is 2.46. The first-order chi connectivity index (χ1) is 18.5. The second-order valence-electron chi connectivity index (χ2n) is 10.7. The van der Waals surface area contributed by atoms with E-state index in [2.05, 4.69) is 23.3 Å². The van der Waals surface area contributed by atoms with Gasteiger partial charge in [0.1, 0.15) is 5.82 Å². The third kappa shape index (κ3) is 5.05. The van der Waals surface area contributed by atoms with Crippen molar-refractivity contribution < 1.29 is 14.0 Å². The fraction of sp³-hybridized carbons (Fsp3) is 0.323. The van der Waals surface area contributed by atoms with Crippen molar-refractivity contribution >= 4 is 28.4 Å². The predicted octanol–water partition coefficient (Wildman–Crippen LogP) is 5.94. The number of halogens is 1. The Balaban J connectivity index is 0.000000390. The van der Waals surface area contributed by atoms with E-state index in [9.17, 15) is 14.0 Å². The van der Waals surface area contributed by atoms with Crippen molar-refractivity contribution in [2.24, 2.45) is 23.5 Å². The number of anilines is 1. The molecule has 194 valence electrons. The van der Waals surface area contributed by atoms with Crippen molar-refractivity contribution in [2.45, 2.75) is 44.6 Å². The number of nitrogens with two attached hydrogens (primary N) is 1. The van der Waals surface area contributed by atoms with Crippen LogP contribution in [-0.4, -0.2) is 21.6 Å². The summed E-state index contributed by atoms with van der Waals surface area (Å²) >= 11 is 0. The molecule has 3 aliphatic rings. The number of aromatic nitrogens is 2. The van der Waals surface area contributed by atoms with Gasteiger partial charge in [0, 0.05) is 22.9 Å². The van der Waals surface area contributed by atoms with Gasteiger partial charge in [-0.3, -0.25) is 9.59 Å². The van der Waals surface area contributed by atoms with Gasteiger partial charge in [-0.15, -0.1) is 0 Å². The number of hydrogen-bond acceptors (Lipinski definition) is 3. The van der Waals surface area contributed by atoms with Gasteiger partial charge in [0.25, 0.3) is 0 Å². The van der Waals surface area contributed by atoms with Crippen molar-refractivity contribution in [1.29, 1.82) is 0 Å². The summed E-state index contributed by atoms with van der Waals surface area (Å²) in [7, 11) is 0. The zero-order chi connectivity index (χ0) is 26.2. The molecule has 1 aliphatic heterocycles. The van der Waals surface area contributed by atoms with Crippen LogP contribution in [0.2, 0.25) is 0 Å². The summed E-state index contributed by atoms with van der Waals surface area (Å²) in [4.78, 5) is 25.5. The van der Waals surface area contributed by atoms with Gasteiger partial charge >= 0.3 is 0 Å². The Kier molecular flexibility index (Phi) is 6.44. The fourth-order valence-corrected chi connectivity index (χ4v) is 5.37. The molecule has 2 aliphatic carbocycles. The molecule has 1 saturated heterocycles. The second kappa shape index (κ2) is 10.0. The Hall–Kier alpha value is -4.00. The van der Waals surface area contributed by atoms with E-state index in [4.69, 9.17) is 5.73 Å². The van der Waals surface area contributed by atoms with E-state index in [0.717, 1.165) is 53.9 Å². The third-order valence-corrected chi connectivity index (χ3v) is 7.79. The molecule has 2 N–H and O–H groups in total. The topological polar surface area (TPSA) is 81.2 Å². The van der Waals surface area contributed by atoms with Gasteiger partial charge in [0.15, 0.2) is 0 Å². The van der Waals surface area contributed by atoms with Crippen LogP contribution in [0.15, 0.2) is 79.0 Å². The van der Waals surface area contributed by atoms with E-state index < -0.39 is 0 Å². The molecule has 3 fully saturated rings. The van der Waals surface area contributed by atoms with Gasteiger partial charge in [-0.25, -0.2) is 9.07 Å². The van der Waals surface area contributed by atoms with Crippen LogP contribution in [0.3, 0.4) is 0 Å². The Morgan fingerprint density at radius 3 is 2.29 bits per heavy atom. The Labute approximate surface area is 221 Å². The van der Waals surface area contributed by atoms with Crippen molar-refractivity contribution in [3.63, 3.8) is 0 Å². The Morgan fingerprint density at radius 2 is 1.66 bits per heavy atom. The van der Waals surface area contributed by atoms with Gasteiger partial charge in [0.2, 0.25) is 11.8 Å². The quantitative estimate of drug-likeness (QED) is 0.349. The van der Waals surface area contributed by atoms with Crippen LogP contribution in [0.5, 0.6) is 0 Å². The number of primary amides is 1. The molecule has 2 amide bonds. The number of hydrogen-bond donors (Lipinski definition) is 1. The maximum Gasteiger partial charge on any atom is 0.230 e. The van der Waals surface area contributed by atoms with E-state index in [1.807, 2.05) is 41.4 Å². The first-order valence-electron chi connectivity index (χ1n) is 13.4. The normalized spacial score (nSPS) is 20.9. The van der Waals surface area contributed by atoms with Crippen molar-refractivity contribution in [3.05, 3.63) is 90.4 Å². The van der Waals surface area contributed by atoms with Gasteiger partial charge in [0.05, 0.1) is 23.4 Å². The van der Waals surface area contributed by atoms with Crippen LogP contribution in [0.4, 0.5) is 10.1 Å². The minimum absolute atomic E-state index is 0.0528. The Morgan fingerprint density at radius 1 is 0.947 bits per heavy atom. The molecule has 2 saturated carbocycles. The summed E-state index contributed by atoms with van der Waals surface area (Å²) in [5, 5.41) is 5.47. The lowest BCUT2D eigenvalue weighted by molar-refractivity contribution is -0.121. The molecule has 3 aromatic carbocycles. The molecule has 1 unspecified atom stereocenters. The van der Waals surface area contributed by atoms with Gasteiger partial charge in [-0.05, 0) is 79.6 Å². The summed E-state index contributed by atoms with van der Waals surface area (Å²) in [5.74, 6) is 0.880. The zero-order valence-corrected chi connectivity index (χ0v) is 21.2. The number of carbonyl (C=O) groups is 2. The number of carbonyl (C=O) groups excluding carboxylic acids is 2. The predicted molar refractivity (Wildman–Crippen MR) is 145 cm³/mol. The van der Waals surface area contributed by atoms with Gasteiger partial charge in [-0.2, -0.15) is 5.10 Å². The largest absolute Gasteiger partial charge is 0.369 e. The molecular weight excluding hydrogens is 479 g/mol. The summed E-state index contributed by atoms with van der Waals surface area (Å²) in [5.41, 5.74) is 8.68. The number of fused-ring (bicyclic) bond motifs is 1. The number of benzene rings is 3. The smallest absolute Gasteiger partial charge is 0.230 e. The molecule has 2 heterocycles. The average molecular weight is 511 g/mol. The maximum absolute atomic E-state index is 13.5. The molecule has 38 heavy (non-hydrogen) atoms. The molecule has 0 spiro atoms. The highest BCUT2D eigenvalue weighted by Gasteiger charge is 2.43. The molecule has 7 heteroatoms. The first-order valence-corrected chi connectivity index (χ1v) is 13.4. The maximum atomic E-state index is 13.5. The monoisotopic (exact) mass is 510 g/mol. The lowest BCUT2D eigenvalue weighted by Crippen LogP contribution is -2.29. The van der Waals surface area contributed by atoms with E-state index in [1.165, 1.54) is 30.5 Å². The molecule has 6 nitrogen and oxygen atoms in total. The molecule has 7 rings (SSSR count). The molecule has 2 atom stereocenters. The van der Waals surface area contributed by atoms with Crippen molar-refractivity contribution in [1.82, 2.24) is 9.78 Å². The summed E-state index contributed by atoms with van der Waals surface area (Å²) in [6.07, 6.45) is 8.24. The van der Waals surface area contributed by atoms with Crippen LogP contribution in [0, 0.1) is 23.6 Å². The van der Waals surface area contributed by atoms with Crippen LogP contribution in [0.25, 0.3) is 16.6 Å². The Bertz CT molecular complexity index is 1460. The summed E-state index contributed by atoms with van der Waals surface area (Å²) in [6.45, 7) is 0. The zero-order valence-electron chi connectivity index (χ0n) is 21.2. The highest BCUT2D eigenvalue weighted by molar-refractivity contribution is 6.00. The van der Waals surface area contributed by atoms with E-state index >= 15 is 0 Å². The highest BCUT2D eigenvalue weighted by atomic mass is 19.1. The third-order valence-electron chi connectivity index (χ3n) is 7.79. The van der Waals surface area contributed by atoms with Crippen LogP contribution < -0.4 is 10.6 Å². The minimum Gasteiger partial charge on any atom is -0.369 e. The van der Waals surface area contributed by atoms with Gasteiger partial charge in [-0.1, -0.05) is 43.2 Å². The molecule has 0 bridgehead atoms.